The van der Waals surface area contributed by atoms with E-state index in [1.54, 1.807) is 4.90 Å². The van der Waals surface area contributed by atoms with Crippen LogP contribution in [-0.2, 0) is 0 Å². The third-order valence-corrected chi connectivity index (χ3v) is 3.97. The maximum Gasteiger partial charge on any atom is 0.256 e. The molecule has 0 bridgehead atoms. The molecule has 0 aromatic heterocycles. The van der Waals surface area contributed by atoms with Crippen LogP contribution in [0.25, 0.3) is 0 Å². The molecule has 1 fully saturated rings. The van der Waals surface area contributed by atoms with Crippen LogP contribution in [0.3, 0.4) is 0 Å². The predicted molar refractivity (Wildman–Crippen MR) is 85.9 cm³/mol. The Kier molecular flexibility index (Phi) is 6.65. The fourth-order valence-corrected chi connectivity index (χ4v) is 2.75. The molecule has 1 atom stereocenters. The van der Waals surface area contributed by atoms with Crippen molar-refractivity contribution >= 4 is 11.6 Å². The molecule has 1 aromatic rings. The van der Waals surface area contributed by atoms with Gasteiger partial charge in [0, 0.05) is 25.3 Å². The number of para-hydroxylation sites is 1. The maximum absolute atomic E-state index is 12.6. The van der Waals surface area contributed by atoms with Crippen molar-refractivity contribution in [1.29, 1.82) is 0 Å². The van der Waals surface area contributed by atoms with Crippen molar-refractivity contribution in [2.24, 2.45) is 0 Å². The van der Waals surface area contributed by atoms with E-state index in [2.05, 4.69) is 5.32 Å². The molecule has 1 aromatic carbocycles. The number of hydrogen-bond donors (Lipinski definition) is 2. The number of likely N-dealkylation sites (tertiary alicyclic amines) is 1. The van der Waals surface area contributed by atoms with Crippen LogP contribution < -0.4 is 5.32 Å². The second-order valence-electron chi connectivity index (χ2n) is 5.77. The molecule has 5 heteroatoms. The normalized spacial score (nSPS) is 18.3. The van der Waals surface area contributed by atoms with E-state index in [9.17, 15) is 14.3 Å². The van der Waals surface area contributed by atoms with Crippen LogP contribution >= 0.6 is 0 Å². The number of carbonyl (C=O) groups excluding carboxylic acids is 1. The highest BCUT2D eigenvalue weighted by Crippen LogP contribution is 2.20. The van der Waals surface area contributed by atoms with Gasteiger partial charge in [0.1, 0.15) is 0 Å². The van der Waals surface area contributed by atoms with Gasteiger partial charge in [-0.15, -0.1) is 0 Å². The number of unbranched alkanes of at least 4 members (excludes halogenated alkanes) is 2. The topological polar surface area (TPSA) is 52.6 Å². The summed E-state index contributed by atoms with van der Waals surface area (Å²) in [7, 11) is 0. The summed E-state index contributed by atoms with van der Waals surface area (Å²) in [5.74, 6) is -0.0365. The first kappa shape index (κ1) is 16.7. The number of rotatable bonds is 7. The summed E-state index contributed by atoms with van der Waals surface area (Å²) in [6.45, 7) is 1.56. The number of aliphatic hydroxyl groups is 1. The van der Waals surface area contributed by atoms with Gasteiger partial charge in [-0.05, 0) is 44.2 Å². The summed E-state index contributed by atoms with van der Waals surface area (Å²) >= 11 is 0. The summed E-state index contributed by atoms with van der Waals surface area (Å²) in [5.41, 5.74) is 1.45. The van der Waals surface area contributed by atoms with Crippen LogP contribution in [0.4, 0.5) is 10.1 Å². The number of halogens is 1. The van der Waals surface area contributed by atoms with E-state index in [1.807, 2.05) is 24.3 Å². The van der Waals surface area contributed by atoms with Gasteiger partial charge in [0.25, 0.3) is 5.91 Å². The zero-order valence-electron chi connectivity index (χ0n) is 12.9. The summed E-state index contributed by atoms with van der Waals surface area (Å²) in [6, 6.07) is 7.45. The molecular formula is C17H25FN2O2. The van der Waals surface area contributed by atoms with E-state index >= 15 is 0 Å². The lowest BCUT2D eigenvalue weighted by molar-refractivity contribution is 0.0474. The van der Waals surface area contributed by atoms with Crippen LogP contribution in [-0.4, -0.2) is 48.3 Å². The molecule has 2 N–H and O–H groups in total. The van der Waals surface area contributed by atoms with Gasteiger partial charge >= 0.3 is 0 Å². The number of benzene rings is 1. The fraction of sp³-hybridized carbons (Fsp3) is 0.588. The van der Waals surface area contributed by atoms with Crippen LogP contribution in [0.15, 0.2) is 24.3 Å². The first-order chi connectivity index (χ1) is 10.7. The number of hydrogen-bond acceptors (Lipinski definition) is 3. The minimum absolute atomic E-state index is 0.0365. The molecule has 0 radical (unpaired) electrons. The molecule has 2 rings (SSSR count). The van der Waals surface area contributed by atoms with Crippen molar-refractivity contribution in [1.82, 2.24) is 4.90 Å². The standard InChI is InChI=1S/C17H25FN2O2/c18-10-4-1-5-11-19-16-9-3-2-8-15(16)17(22)20-12-6-7-14(21)13-20/h2-3,8-9,14,19,21H,1,4-7,10-13H2/t14-/m0/s1. The average molecular weight is 308 g/mol. The number of aliphatic hydroxyl groups excluding tert-OH is 1. The smallest absolute Gasteiger partial charge is 0.256 e. The van der Waals surface area contributed by atoms with Gasteiger partial charge in [-0.1, -0.05) is 12.1 Å². The van der Waals surface area contributed by atoms with Gasteiger partial charge in [-0.25, -0.2) is 0 Å². The zero-order valence-corrected chi connectivity index (χ0v) is 12.9. The predicted octanol–water partition coefficient (Wildman–Crippen LogP) is 2.84. The van der Waals surface area contributed by atoms with E-state index in [0.29, 0.717) is 25.1 Å². The number of nitrogens with zero attached hydrogens (tertiary/aromatic N) is 1. The molecule has 1 amide bonds. The highest BCUT2D eigenvalue weighted by atomic mass is 19.1. The van der Waals surface area contributed by atoms with Crippen molar-refractivity contribution in [3.63, 3.8) is 0 Å². The molecule has 0 unspecified atom stereocenters. The Hall–Kier alpha value is -1.62. The van der Waals surface area contributed by atoms with Crippen LogP contribution in [0.2, 0.25) is 0 Å². The SMILES string of the molecule is O=C(c1ccccc1NCCCCCF)N1CCC[C@H](O)C1. The lowest BCUT2D eigenvalue weighted by Crippen LogP contribution is -2.42. The first-order valence-electron chi connectivity index (χ1n) is 8.08. The maximum atomic E-state index is 12.6. The Morgan fingerprint density at radius 1 is 1.32 bits per heavy atom. The van der Waals surface area contributed by atoms with Gasteiger partial charge < -0.3 is 15.3 Å². The number of piperidine rings is 1. The van der Waals surface area contributed by atoms with Crippen molar-refractivity contribution in [3.05, 3.63) is 29.8 Å². The Balaban J connectivity index is 1.96. The first-order valence-corrected chi connectivity index (χ1v) is 8.08. The molecule has 0 spiro atoms. The number of β-amino-alcohol motifs (C(OH)–C–C–N with tert-alkyl or cyclic N) is 1. The lowest BCUT2D eigenvalue weighted by atomic mass is 10.1. The van der Waals surface area contributed by atoms with Gasteiger partial charge in [0.15, 0.2) is 0 Å². The third-order valence-electron chi connectivity index (χ3n) is 3.97. The van der Waals surface area contributed by atoms with Crippen LogP contribution in [0, 0.1) is 0 Å². The second-order valence-corrected chi connectivity index (χ2v) is 5.77. The Bertz CT molecular complexity index is 481. The zero-order chi connectivity index (χ0) is 15.8. The van der Waals surface area contributed by atoms with Crippen molar-refractivity contribution in [2.75, 3.05) is 31.6 Å². The molecule has 0 aliphatic carbocycles. The van der Waals surface area contributed by atoms with Gasteiger partial charge in [-0.2, -0.15) is 0 Å². The van der Waals surface area contributed by atoms with E-state index in [-0.39, 0.29) is 12.6 Å². The van der Waals surface area contributed by atoms with Crippen molar-refractivity contribution < 1.29 is 14.3 Å². The third kappa shape index (κ3) is 4.70. The molecule has 1 aliphatic heterocycles. The Morgan fingerprint density at radius 3 is 2.91 bits per heavy atom. The van der Waals surface area contributed by atoms with E-state index in [0.717, 1.165) is 37.9 Å². The Morgan fingerprint density at radius 2 is 2.14 bits per heavy atom. The molecule has 4 nitrogen and oxygen atoms in total. The quantitative estimate of drug-likeness (QED) is 0.762. The van der Waals surface area contributed by atoms with Crippen LogP contribution in [0.5, 0.6) is 0 Å². The van der Waals surface area contributed by atoms with Crippen molar-refractivity contribution in [2.45, 2.75) is 38.2 Å². The monoisotopic (exact) mass is 308 g/mol. The summed E-state index contributed by atoms with van der Waals surface area (Å²) in [6.07, 6.45) is 3.50. The van der Waals surface area contributed by atoms with E-state index in [4.69, 9.17) is 0 Å². The molecule has 1 heterocycles. The highest BCUT2D eigenvalue weighted by Gasteiger charge is 2.24. The van der Waals surface area contributed by atoms with Gasteiger partial charge in [-0.3, -0.25) is 9.18 Å². The van der Waals surface area contributed by atoms with Crippen LogP contribution in [0.1, 0.15) is 42.5 Å². The average Bonchev–Trinajstić information content (AvgIpc) is 2.54. The van der Waals surface area contributed by atoms with Gasteiger partial charge in [0.2, 0.25) is 0 Å². The summed E-state index contributed by atoms with van der Waals surface area (Å²) < 4.78 is 12.1. The number of amides is 1. The highest BCUT2D eigenvalue weighted by molar-refractivity contribution is 5.99. The van der Waals surface area contributed by atoms with E-state index in [1.165, 1.54) is 0 Å². The molecule has 22 heavy (non-hydrogen) atoms. The molecular weight excluding hydrogens is 283 g/mol. The number of carbonyl (C=O) groups is 1. The Labute approximate surface area is 131 Å². The number of anilines is 1. The fourth-order valence-electron chi connectivity index (χ4n) is 2.75. The molecule has 0 saturated carbocycles. The lowest BCUT2D eigenvalue weighted by Gasteiger charge is -2.30. The molecule has 122 valence electrons. The number of alkyl halides is 1. The summed E-state index contributed by atoms with van der Waals surface area (Å²) in [5, 5.41) is 13.0. The van der Waals surface area contributed by atoms with E-state index < -0.39 is 6.10 Å². The largest absolute Gasteiger partial charge is 0.391 e. The molecule has 1 aliphatic rings. The summed E-state index contributed by atoms with van der Waals surface area (Å²) in [4.78, 5) is 14.3. The second kappa shape index (κ2) is 8.73. The molecule has 1 saturated heterocycles. The number of nitrogens with one attached hydrogen (secondary N) is 1. The van der Waals surface area contributed by atoms with Crippen molar-refractivity contribution in [3.8, 4) is 0 Å². The van der Waals surface area contributed by atoms with Gasteiger partial charge in [0.05, 0.1) is 18.3 Å². The minimum atomic E-state index is -0.418. The minimum Gasteiger partial charge on any atom is -0.391 e.